The van der Waals surface area contributed by atoms with Crippen LogP contribution in [0.1, 0.15) is 22.5 Å². The van der Waals surface area contributed by atoms with Gasteiger partial charge in [0.25, 0.3) is 5.91 Å². The zero-order chi connectivity index (χ0) is 17.9. The van der Waals surface area contributed by atoms with E-state index in [9.17, 15) is 9.59 Å². The molecule has 0 radical (unpaired) electrons. The van der Waals surface area contributed by atoms with Gasteiger partial charge >= 0.3 is 0 Å². The summed E-state index contributed by atoms with van der Waals surface area (Å²) >= 11 is 0. The van der Waals surface area contributed by atoms with Gasteiger partial charge in [-0.05, 0) is 24.6 Å². The van der Waals surface area contributed by atoms with Crippen LogP contribution in [0.4, 0.5) is 11.5 Å². The van der Waals surface area contributed by atoms with Crippen molar-refractivity contribution in [1.29, 1.82) is 0 Å². The van der Waals surface area contributed by atoms with Gasteiger partial charge in [0, 0.05) is 25.5 Å². The van der Waals surface area contributed by atoms with Crippen LogP contribution in [-0.4, -0.2) is 46.3 Å². The first kappa shape index (κ1) is 16.3. The maximum atomic E-state index is 12.7. The quantitative estimate of drug-likeness (QED) is 0.856. The molecule has 2 aliphatic heterocycles. The minimum atomic E-state index is -0.0737. The summed E-state index contributed by atoms with van der Waals surface area (Å²) in [7, 11) is 0. The zero-order valence-corrected chi connectivity index (χ0v) is 14.3. The summed E-state index contributed by atoms with van der Waals surface area (Å²) in [4.78, 5) is 37.3. The number of carbonyl (C=O) groups is 2. The molecule has 0 atom stereocenters. The van der Waals surface area contributed by atoms with Crippen LogP contribution in [0.25, 0.3) is 0 Å². The van der Waals surface area contributed by atoms with Gasteiger partial charge in [0.15, 0.2) is 5.82 Å². The number of fused-ring (bicyclic) bond motifs is 1. The number of aromatic nitrogens is 2. The van der Waals surface area contributed by atoms with Gasteiger partial charge in [0.05, 0.1) is 30.0 Å². The largest absolute Gasteiger partial charge is 0.359 e. The molecular weight excluding hydrogens is 330 g/mol. The fraction of sp³-hybridized carbons (Fsp3) is 0.263. The molecule has 2 amide bonds. The van der Waals surface area contributed by atoms with Crippen LogP contribution in [0.15, 0.2) is 48.8 Å². The molecule has 0 aromatic carbocycles. The summed E-state index contributed by atoms with van der Waals surface area (Å²) < 4.78 is 0. The topological polar surface area (TPSA) is 78.4 Å². The standard InChI is InChI=1S/C19H19N5O2/c25-17-12-22-18-16(24(17)13-15-6-2-3-7-20-15)10-14(11-21-18)19(26)23-8-4-1-5-9-23/h1-4,6-7,10-11H,5,8-9,12-13H2,(H,21,22). The number of nitrogens with zero attached hydrogens (tertiary/aromatic N) is 4. The van der Waals surface area contributed by atoms with Crippen molar-refractivity contribution in [2.24, 2.45) is 0 Å². The Bertz CT molecular complexity index is 865. The van der Waals surface area contributed by atoms with Crippen molar-refractivity contribution in [3.05, 3.63) is 60.1 Å². The number of nitrogens with one attached hydrogen (secondary N) is 1. The maximum Gasteiger partial charge on any atom is 0.255 e. The second-order valence-electron chi connectivity index (χ2n) is 6.26. The van der Waals surface area contributed by atoms with Crippen molar-refractivity contribution < 1.29 is 9.59 Å². The average Bonchev–Trinajstić information content (AvgIpc) is 2.71. The zero-order valence-electron chi connectivity index (χ0n) is 14.3. The third-order valence-corrected chi connectivity index (χ3v) is 4.51. The van der Waals surface area contributed by atoms with Gasteiger partial charge in [-0.1, -0.05) is 18.2 Å². The molecule has 2 aromatic rings. The number of pyridine rings is 2. The smallest absolute Gasteiger partial charge is 0.255 e. The molecule has 0 saturated carbocycles. The van der Waals surface area contributed by atoms with Gasteiger partial charge in [-0.25, -0.2) is 4.98 Å². The predicted octanol–water partition coefficient (Wildman–Crippen LogP) is 1.84. The number of hydrogen-bond donors (Lipinski definition) is 1. The van der Waals surface area contributed by atoms with Gasteiger partial charge in [-0.15, -0.1) is 0 Å². The Morgan fingerprint density at radius 1 is 1.23 bits per heavy atom. The van der Waals surface area contributed by atoms with E-state index in [0.29, 0.717) is 36.7 Å². The van der Waals surface area contributed by atoms with E-state index in [1.165, 1.54) is 0 Å². The first-order valence-corrected chi connectivity index (χ1v) is 8.61. The van der Waals surface area contributed by atoms with Gasteiger partial charge in [-0.3, -0.25) is 14.6 Å². The molecule has 0 unspecified atom stereocenters. The van der Waals surface area contributed by atoms with E-state index in [1.807, 2.05) is 24.3 Å². The molecule has 4 heterocycles. The Labute approximate surface area is 151 Å². The summed E-state index contributed by atoms with van der Waals surface area (Å²) in [5.74, 6) is 0.464. The summed E-state index contributed by atoms with van der Waals surface area (Å²) in [6.45, 7) is 1.82. The Kier molecular flexibility index (Phi) is 4.35. The lowest BCUT2D eigenvalue weighted by Crippen LogP contribution is -2.40. The first-order chi connectivity index (χ1) is 12.7. The molecule has 0 spiro atoms. The molecule has 2 aromatic heterocycles. The fourth-order valence-corrected chi connectivity index (χ4v) is 3.14. The van der Waals surface area contributed by atoms with Crippen LogP contribution in [0, 0.1) is 0 Å². The fourth-order valence-electron chi connectivity index (χ4n) is 3.14. The Morgan fingerprint density at radius 3 is 2.92 bits per heavy atom. The summed E-state index contributed by atoms with van der Waals surface area (Å²) in [6, 6.07) is 7.34. The first-order valence-electron chi connectivity index (χ1n) is 8.61. The second-order valence-corrected chi connectivity index (χ2v) is 6.26. The highest BCUT2D eigenvalue weighted by Gasteiger charge is 2.27. The second kappa shape index (κ2) is 6.95. The minimum Gasteiger partial charge on any atom is -0.359 e. The maximum absolute atomic E-state index is 12.7. The van der Waals surface area contributed by atoms with Crippen molar-refractivity contribution in [2.75, 3.05) is 29.9 Å². The SMILES string of the molecule is O=C(c1cnc2c(c1)N(Cc1ccccn1)C(=O)CN2)N1CC=CCC1. The molecule has 26 heavy (non-hydrogen) atoms. The van der Waals surface area contributed by atoms with E-state index in [2.05, 4.69) is 21.4 Å². The number of amides is 2. The molecule has 0 bridgehead atoms. The molecule has 7 nitrogen and oxygen atoms in total. The van der Waals surface area contributed by atoms with Crippen molar-refractivity contribution in [3.63, 3.8) is 0 Å². The highest BCUT2D eigenvalue weighted by molar-refractivity contribution is 6.04. The third kappa shape index (κ3) is 3.15. The van der Waals surface area contributed by atoms with Crippen LogP contribution in [0.5, 0.6) is 0 Å². The van der Waals surface area contributed by atoms with Gasteiger partial charge < -0.3 is 15.1 Å². The van der Waals surface area contributed by atoms with Gasteiger partial charge in [-0.2, -0.15) is 0 Å². The van der Waals surface area contributed by atoms with Crippen molar-refractivity contribution in [2.45, 2.75) is 13.0 Å². The number of anilines is 2. The number of rotatable bonds is 3. The van der Waals surface area contributed by atoms with Crippen LogP contribution in [0.2, 0.25) is 0 Å². The molecule has 4 rings (SSSR count). The van der Waals surface area contributed by atoms with E-state index in [4.69, 9.17) is 0 Å². The monoisotopic (exact) mass is 349 g/mol. The third-order valence-electron chi connectivity index (χ3n) is 4.51. The molecule has 0 fully saturated rings. The van der Waals surface area contributed by atoms with Gasteiger partial charge in [0.1, 0.15) is 0 Å². The summed E-state index contributed by atoms with van der Waals surface area (Å²) in [6.07, 6.45) is 8.19. The Morgan fingerprint density at radius 2 is 2.15 bits per heavy atom. The number of hydrogen-bond acceptors (Lipinski definition) is 5. The van der Waals surface area contributed by atoms with E-state index in [-0.39, 0.29) is 18.4 Å². The van der Waals surface area contributed by atoms with Crippen molar-refractivity contribution >= 4 is 23.3 Å². The molecule has 2 aliphatic rings. The summed E-state index contributed by atoms with van der Waals surface area (Å²) in [5.41, 5.74) is 1.89. The highest BCUT2D eigenvalue weighted by Crippen LogP contribution is 2.30. The van der Waals surface area contributed by atoms with Crippen LogP contribution in [0.3, 0.4) is 0 Å². The lowest BCUT2D eigenvalue weighted by atomic mass is 10.1. The predicted molar refractivity (Wildman–Crippen MR) is 97.8 cm³/mol. The summed E-state index contributed by atoms with van der Waals surface area (Å²) in [5, 5.41) is 3.02. The highest BCUT2D eigenvalue weighted by atomic mass is 16.2. The van der Waals surface area contributed by atoms with Crippen LogP contribution < -0.4 is 10.2 Å². The van der Waals surface area contributed by atoms with Crippen LogP contribution >= 0.6 is 0 Å². The van der Waals surface area contributed by atoms with E-state index >= 15 is 0 Å². The van der Waals surface area contributed by atoms with Crippen molar-refractivity contribution in [3.8, 4) is 0 Å². The normalized spacial score (nSPS) is 16.2. The lowest BCUT2D eigenvalue weighted by Gasteiger charge is -2.30. The molecule has 0 saturated heterocycles. The number of carbonyl (C=O) groups excluding carboxylic acids is 2. The van der Waals surface area contributed by atoms with Crippen molar-refractivity contribution in [1.82, 2.24) is 14.9 Å². The van der Waals surface area contributed by atoms with E-state index in [0.717, 1.165) is 12.1 Å². The molecule has 1 N–H and O–H groups in total. The average molecular weight is 349 g/mol. The van der Waals surface area contributed by atoms with E-state index in [1.54, 1.807) is 28.3 Å². The lowest BCUT2D eigenvalue weighted by molar-refractivity contribution is -0.117. The van der Waals surface area contributed by atoms with E-state index < -0.39 is 0 Å². The molecule has 0 aliphatic carbocycles. The Balaban J connectivity index is 1.64. The van der Waals surface area contributed by atoms with Gasteiger partial charge in [0.2, 0.25) is 5.91 Å². The molecule has 7 heteroatoms. The Hall–Kier alpha value is -3.22. The minimum absolute atomic E-state index is 0.0690. The molecular formula is C19H19N5O2. The van der Waals surface area contributed by atoms with Crippen LogP contribution in [-0.2, 0) is 11.3 Å². The molecule has 132 valence electrons.